The molecule has 0 spiro atoms. The fourth-order valence-corrected chi connectivity index (χ4v) is 3.28. The lowest BCUT2D eigenvalue weighted by molar-refractivity contribution is 0.587. The molecule has 2 aromatic rings. The Morgan fingerprint density at radius 3 is 1.86 bits per heavy atom. The Morgan fingerprint density at radius 2 is 1.41 bits per heavy atom. The summed E-state index contributed by atoms with van der Waals surface area (Å²) in [6.07, 6.45) is 10.0. The van der Waals surface area contributed by atoms with E-state index in [-0.39, 0.29) is 5.41 Å². The molecule has 112 valence electrons. The molecule has 2 aromatic carbocycles. The van der Waals surface area contributed by atoms with Crippen LogP contribution >= 0.6 is 0 Å². The number of fused-ring (bicyclic) bond motifs is 4. The molecular formula is C22H24. The second-order valence-corrected chi connectivity index (χ2v) is 7.38. The fourth-order valence-electron chi connectivity index (χ4n) is 3.28. The largest absolute Gasteiger partial charge is 0.115 e. The minimum Gasteiger partial charge on any atom is -0.115 e. The topological polar surface area (TPSA) is 0 Å². The molecule has 22 heavy (non-hydrogen) atoms. The third-order valence-corrected chi connectivity index (χ3v) is 4.67. The lowest BCUT2D eigenvalue weighted by atomic mass is 9.81. The van der Waals surface area contributed by atoms with Gasteiger partial charge in [-0.3, -0.25) is 0 Å². The minimum absolute atomic E-state index is 0.162. The zero-order chi connectivity index (χ0) is 15.7. The maximum absolute atomic E-state index is 5.85. The third-order valence-electron chi connectivity index (χ3n) is 4.67. The van der Waals surface area contributed by atoms with Gasteiger partial charge >= 0.3 is 0 Å². The van der Waals surface area contributed by atoms with E-state index in [0.717, 1.165) is 31.2 Å². The van der Waals surface area contributed by atoms with Crippen LogP contribution in [0.3, 0.4) is 0 Å². The summed E-state index contributed by atoms with van der Waals surface area (Å²) in [5, 5.41) is 0. The minimum atomic E-state index is 0.162. The van der Waals surface area contributed by atoms with Crippen LogP contribution < -0.4 is 0 Å². The van der Waals surface area contributed by atoms with E-state index >= 15 is 0 Å². The quantitative estimate of drug-likeness (QED) is 0.608. The summed E-state index contributed by atoms with van der Waals surface area (Å²) < 4.78 is 0. The van der Waals surface area contributed by atoms with Crippen molar-refractivity contribution in [1.82, 2.24) is 0 Å². The van der Waals surface area contributed by atoms with Crippen molar-refractivity contribution in [1.29, 1.82) is 0 Å². The van der Waals surface area contributed by atoms with Crippen LogP contribution in [0.5, 0.6) is 0 Å². The van der Waals surface area contributed by atoms with Crippen molar-refractivity contribution in [2.24, 2.45) is 0 Å². The summed E-state index contributed by atoms with van der Waals surface area (Å²) >= 11 is 0. The van der Waals surface area contributed by atoms with Crippen molar-refractivity contribution in [2.45, 2.75) is 51.9 Å². The van der Waals surface area contributed by atoms with E-state index in [0.29, 0.717) is 0 Å². The number of rotatable bonds is 0. The zero-order valence-electron chi connectivity index (χ0n) is 13.9. The van der Waals surface area contributed by atoms with Crippen LogP contribution in [0.1, 0.15) is 54.2 Å². The van der Waals surface area contributed by atoms with Gasteiger partial charge in [-0.15, -0.1) is 6.42 Å². The molecule has 0 unspecified atom stereocenters. The Balaban J connectivity index is 2.12. The summed E-state index contributed by atoms with van der Waals surface area (Å²) in [5.74, 6) is 2.97. The first kappa shape index (κ1) is 14.9. The molecule has 0 N–H and O–H groups in total. The van der Waals surface area contributed by atoms with Gasteiger partial charge in [0.15, 0.2) is 0 Å². The Morgan fingerprint density at radius 1 is 0.864 bits per heavy atom. The summed E-state index contributed by atoms with van der Waals surface area (Å²) in [7, 11) is 0. The van der Waals surface area contributed by atoms with Gasteiger partial charge in [0.25, 0.3) is 0 Å². The Labute approximate surface area is 134 Å². The van der Waals surface area contributed by atoms with E-state index in [4.69, 9.17) is 6.42 Å². The maximum Gasteiger partial charge on any atom is 0.0307 e. The van der Waals surface area contributed by atoms with E-state index in [1.54, 1.807) is 0 Å². The predicted octanol–water partition coefficient (Wildman–Crippen LogP) is 4.85. The van der Waals surface area contributed by atoms with E-state index < -0.39 is 0 Å². The van der Waals surface area contributed by atoms with E-state index in [2.05, 4.69) is 63.1 Å². The van der Waals surface area contributed by atoms with Gasteiger partial charge in [0.2, 0.25) is 0 Å². The first-order valence-electron chi connectivity index (χ1n) is 8.18. The highest BCUT2D eigenvalue weighted by Crippen LogP contribution is 2.29. The van der Waals surface area contributed by atoms with Gasteiger partial charge in [0.05, 0.1) is 0 Å². The molecule has 4 bridgehead atoms. The summed E-state index contributed by atoms with van der Waals surface area (Å²) in [6, 6.07) is 13.7. The van der Waals surface area contributed by atoms with Gasteiger partial charge in [0.1, 0.15) is 0 Å². The van der Waals surface area contributed by atoms with E-state index in [1.807, 2.05) is 0 Å². The first-order valence-corrected chi connectivity index (χ1v) is 8.18. The summed E-state index contributed by atoms with van der Waals surface area (Å²) in [5.41, 5.74) is 8.23. The molecule has 0 aliphatic heterocycles. The van der Waals surface area contributed by atoms with E-state index in [9.17, 15) is 0 Å². The smallest absolute Gasteiger partial charge is 0.0307 e. The van der Waals surface area contributed by atoms with Crippen LogP contribution in [0.15, 0.2) is 36.4 Å². The number of aryl methyl sites for hydroxylation is 4. The molecule has 0 heteroatoms. The van der Waals surface area contributed by atoms with Gasteiger partial charge in [-0.1, -0.05) is 63.1 Å². The van der Waals surface area contributed by atoms with Crippen molar-refractivity contribution in [3.63, 3.8) is 0 Å². The van der Waals surface area contributed by atoms with Crippen LogP contribution in [0.4, 0.5) is 0 Å². The van der Waals surface area contributed by atoms with Crippen molar-refractivity contribution < 1.29 is 0 Å². The monoisotopic (exact) mass is 288 g/mol. The Hall–Kier alpha value is -2.00. The molecule has 0 heterocycles. The van der Waals surface area contributed by atoms with Crippen molar-refractivity contribution in [3.05, 3.63) is 69.8 Å². The standard InChI is InChI=1S/C22H24/c1-5-21-18-11-9-16-7-6-8-17(13-16)10-12-19(21)15-20(14-18)22(2,3)4/h1,6-8,13-15H,9-12H2,2-4H3. The second kappa shape index (κ2) is 5.65. The fraction of sp³-hybridized carbons (Fsp3) is 0.364. The van der Waals surface area contributed by atoms with Gasteiger partial charge in [0, 0.05) is 5.56 Å². The normalized spacial score (nSPS) is 14.3. The van der Waals surface area contributed by atoms with E-state index in [1.165, 1.54) is 27.8 Å². The van der Waals surface area contributed by atoms with Crippen LogP contribution in [0, 0.1) is 12.3 Å². The highest BCUT2D eigenvalue weighted by atomic mass is 14.2. The molecule has 1 aliphatic carbocycles. The van der Waals surface area contributed by atoms with Crippen LogP contribution in [-0.2, 0) is 31.1 Å². The van der Waals surface area contributed by atoms with Crippen LogP contribution in [-0.4, -0.2) is 0 Å². The molecule has 0 fully saturated rings. The van der Waals surface area contributed by atoms with Gasteiger partial charge in [-0.25, -0.2) is 0 Å². The lowest BCUT2D eigenvalue weighted by Gasteiger charge is -2.23. The van der Waals surface area contributed by atoms with Gasteiger partial charge in [-0.05, 0) is 58.9 Å². The number of benzene rings is 2. The molecule has 0 amide bonds. The average Bonchev–Trinajstić information content (AvgIpc) is 2.49. The van der Waals surface area contributed by atoms with Crippen molar-refractivity contribution in [2.75, 3.05) is 0 Å². The highest BCUT2D eigenvalue weighted by molar-refractivity contribution is 5.51. The second-order valence-electron chi connectivity index (χ2n) is 7.38. The molecular weight excluding hydrogens is 264 g/mol. The zero-order valence-corrected chi connectivity index (χ0v) is 13.9. The molecule has 0 nitrogen and oxygen atoms in total. The van der Waals surface area contributed by atoms with Crippen LogP contribution in [0.25, 0.3) is 0 Å². The molecule has 0 atom stereocenters. The van der Waals surface area contributed by atoms with Crippen LogP contribution in [0.2, 0.25) is 0 Å². The van der Waals surface area contributed by atoms with Crippen molar-refractivity contribution in [3.8, 4) is 12.3 Å². The molecule has 0 radical (unpaired) electrons. The van der Waals surface area contributed by atoms with Gasteiger partial charge in [-0.2, -0.15) is 0 Å². The molecule has 3 rings (SSSR count). The number of terminal acetylenes is 1. The van der Waals surface area contributed by atoms with Crippen molar-refractivity contribution >= 4 is 0 Å². The first-order chi connectivity index (χ1) is 10.5. The SMILES string of the molecule is C#Cc1c2cc(C(C)(C)C)cc1CCc1cccc(c1)CC2. The number of hydrogen-bond donors (Lipinski definition) is 0. The lowest BCUT2D eigenvalue weighted by Crippen LogP contribution is -2.14. The van der Waals surface area contributed by atoms with Gasteiger partial charge < -0.3 is 0 Å². The third kappa shape index (κ3) is 2.95. The average molecular weight is 288 g/mol. The molecule has 0 aromatic heterocycles. The molecule has 0 saturated carbocycles. The maximum atomic E-state index is 5.85. The number of hydrogen-bond acceptors (Lipinski definition) is 0. The Kier molecular flexibility index (Phi) is 3.83. The Bertz CT molecular complexity index is 691. The molecule has 1 aliphatic rings. The summed E-state index contributed by atoms with van der Waals surface area (Å²) in [6.45, 7) is 6.83. The predicted molar refractivity (Wildman–Crippen MR) is 94.3 cm³/mol. The summed E-state index contributed by atoms with van der Waals surface area (Å²) in [4.78, 5) is 0. The molecule has 0 saturated heterocycles. The highest BCUT2D eigenvalue weighted by Gasteiger charge is 2.19.